The van der Waals surface area contributed by atoms with E-state index in [-0.39, 0.29) is 12.0 Å². The lowest BCUT2D eigenvalue weighted by Crippen LogP contribution is -2.22. The molecule has 0 saturated heterocycles. The smallest absolute Gasteiger partial charge is 0.280 e. The third-order valence-electron chi connectivity index (χ3n) is 5.79. The summed E-state index contributed by atoms with van der Waals surface area (Å²) in [4.78, 5) is 16.5. The van der Waals surface area contributed by atoms with E-state index in [1.807, 2.05) is 49.4 Å². The van der Waals surface area contributed by atoms with E-state index in [0.29, 0.717) is 24.4 Å². The Kier molecular flexibility index (Phi) is 4.64. The number of carbonyl (C=O) groups excluding carboxylic acids is 1. The number of aromatic amines is 1. The summed E-state index contributed by atoms with van der Waals surface area (Å²) < 4.78 is 7.48. The minimum Gasteiger partial charge on any atom is -0.383 e. The van der Waals surface area contributed by atoms with Crippen LogP contribution in [0.2, 0.25) is 0 Å². The standard InChI is InChI=1S/C24H24N4O2/c1-15-12-19-18(8-5-9-21(19)26-15)24(29)28-23(25)20-13-17(10-11-22(20)27-28)30-14-16-6-3-2-4-7-16/h2-9,12,17,26H,10-11,13-14,25H2,1H3. The molecule has 3 N–H and O–H groups in total. The zero-order valence-electron chi connectivity index (χ0n) is 16.9. The molecular formula is C24H24N4O2. The van der Waals surface area contributed by atoms with Crippen LogP contribution < -0.4 is 5.73 Å². The molecule has 2 aromatic heterocycles. The number of H-pyrrole nitrogens is 1. The van der Waals surface area contributed by atoms with Crippen molar-refractivity contribution in [3.63, 3.8) is 0 Å². The Balaban J connectivity index is 1.39. The van der Waals surface area contributed by atoms with Crippen LogP contribution in [-0.2, 0) is 24.2 Å². The van der Waals surface area contributed by atoms with E-state index in [0.717, 1.165) is 46.3 Å². The van der Waals surface area contributed by atoms with Gasteiger partial charge < -0.3 is 15.5 Å². The SMILES string of the molecule is Cc1cc2c(C(=O)n3nc4c(c3N)CC(OCc3ccccc3)CC4)cccc2[nH]1. The molecule has 5 rings (SSSR count). The molecule has 152 valence electrons. The summed E-state index contributed by atoms with van der Waals surface area (Å²) in [5.41, 5.74) is 11.9. The van der Waals surface area contributed by atoms with Crippen molar-refractivity contribution in [1.29, 1.82) is 0 Å². The first-order valence-electron chi connectivity index (χ1n) is 10.2. The van der Waals surface area contributed by atoms with E-state index in [9.17, 15) is 4.79 Å². The number of carbonyl (C=O) groups is 1. The summed E-state index contributed by atoms with van der Waals surface area (Å²) in [6, 6.07) is 17.8. The molecule has 0 spiro atoms. The Labute approximate surface area is 174 Å². The Bertz CT molecular complexity index is 1220. The number of aromatic nitrogens is 3. The van der Waals surface area contributed by atoms with Gasteiger partial charge in [-0.15, -0.1) is 0 Å². The second kappa shape index (κ2) is 7.46. The van der Waals surface area contributed by atoms with E-state index in [1.54, 1.807) is 0 Å². The predicted octanol–water partition coefficient (Wildman–Crippen LogP) is 4.02. The summed E-state index contributed by atoms with van der Waals surface area (Å²) in [5, 5.41) is 5.46. The van der Waals surface area contributed by atoms with Gasteiger partial charge in [0.2, 0.25) is 0 Å². The van der Waals surface area contributed by atoms with Crippen LogP contribution in [0.3, 0.4) is 0 Å². The highest BCUT2D eigenvalue weighted by atomic mass is 16.5. The molecule has 0 aliphatic heterocycles. The maximum atomic E-state index is 13.3. The van der Waals surface area contributed by atoms with Crippen LogP contribution in [0.25, 0.3) is 10.9 Å². The third-order valence-corrected chi connectivity index (χ3v) is 5.79. The second-order valence-electron chi connectivity index (χ2n) is 7.91. The first-order chi connectivity index (χ1) is 14.6. The topological polar surface area (TPSA) is 85.9 Å². The second-order valence-corrected chi connectivity index (χ2v) is 7.91. The zero-order valence-corrected chi connectivity index (χ0v) is 16.9. The van der Waals surface area contributed by atoms with Gasteiger partial charge in [-0.05, 0) is 43.5 Å². The number of nitrogen functional groups attached to an aromatic ring is 1. The summed E-state index contributed by atoms with van der Waals surface area (Å²) >= 11 is 0. The summed E-state index contributed by atoms with van der Waals surface area (Å²) in [6.45, 7) is 2.55. The van der Waals surface area contributed by atoms with Crippen LogP contribution in [0.4, 0.5) is 5.82 Å². The van der Waals surface area contributed by atoms with Gasteiger partial charge in [-0.25, -0.2) is 0 Å². The Morgan fingerprint density at radius 1 is 1.23 bits per heavy atom. The maximum absolute atomic E-state index is 13.3. The van der Waals surface area contributed by atoms with Gasteiger partial charge in [-0.2, -0.15) is 9.78 Å². The minimum atomic E-state index is -0.201. The van der Waals surface area contributed by atoms with Crippen molar-refractivity contribution in [2.45, 2.75) is 38.9 Å². The van der Waals surface area contributed by atoms with Gasteiger partial charge in [-0.1, -0.05) is 36.4 Å². The number of nitrogens with zero attached hydrogens (tertiary/aromatic N) is 2. The van der Waals surface area contributed by atoms with Crippen LogP contribution in [0.15, 0.2) is 54.6 Å². The number of ether oxygens (including phenoxy) is 1. The molecule has 0 bridgehead atoms. The summed E-state index contributed by atoms with van der Waals surface area (Å²) in [6.07, 6.45) is 2.38. The number of nitrogens with one attached hydrogen (secondary N) is 1. The molecule has 1 aliphatic carbocycles. The van der Waals surface area contributed by atoms with E-state index >= 15 is 0 Å². The van der Waals surface area contributed by atoms with E-state index in [2.05, 4.69) is 22.2 Å². The number of nitrogens with two attached hydrogens (primary N) is 1. The van der Waals surface area contributed by atoms with Gasteiger partial charge in [0.05, 0.1) is 24.0 Å². The molecule has 1 atom stereocenters. The molecule has 2 aromatic carbocycles. The van der Waals surface area contributed by atoms with Crippen molar-refractivity contribution < 1.29 is 9.53 Å². The number of rotatable bonds is 4. The van der Waals surface area contributed by atoms with Crippen molar-refractivity contribution in [3.05, 3.63) is 82.7 Å². The monoisotopic (exact) mass is 400 g/mol. The molecule has 4 aromatic rings. The average molecular weight is 400 g/mol. The molecular weight excluding hydrogens is 376 g/mol. The highest BCUT2D eigenvalue weighted by molar-refractivity contribution is 6.08. The molecule has 30 heavy (non-hydrogen) atoms. The molecule has 6 heteroatoms. The zero-order chi connectivity index (χ0) is 20.7. The molecule has 1 unspecified atom stereocenters. The molecule has 2 heterocycles. The molecule has 0 fully saturated rings. The first kappa shape index (κ1) is 18.6. The highest BCUT2D eigenvalue weighted by Crippen LogP contribution is 2.29. The quantitative estimate of drug-likeness (QED) is 0.542. The first-order valence-corrected chi connectivity index (χ1v) is 10.2. The van der Waals surface area contributed by atoms with Gasteiger partial charge in [-0.3, -0.25) is 4.79 Å². The third kappa shape index (κ3) is 3.29. The number of hydrogen-bond acceptors (Lipinski definition) is 4. The minimum absolute atomic E-state index is 0.0727. The van der Waals surface area contributed by atoms with Crippen molar-refractivity contribution in [1.82, 2.24) is 14.8 Å². The van der Waals surface area contributed by atoms with Gasteiger partial charge in [0.25, 0.3) is 5.91 Å². The molecule has 0 saturated carbocycles. The lowest BCUT2D eigenvalue weighted by atomic mass is 9.95. The van der Waals surface area contributed by atoms with Gasteiger partial charge >= 0.3 is 0 Å². The van der Waals surface area contributed by atoms with Crippen LogP contribution in [0.5, 0.6) is 0 Å². The predicted molar refractivity (Wildman–Crippen MR) is 116 cm³/mol. The van der Waals surface area contributed by atoms with Crippen LogP contribution in [0.1, 0.15) is 39.3 Å². The van der Waals surface area contributed by atoms with E-state index in [4.69, 9.17) is 10.5 Å². The van der Waals surface area contributed by atoms with Crippen molar-refractivity contribution >= 4 is 22.6 Å². The maximum Gasteiger partial charge on any atom is 0.280 e. The summed E-state index contributed by atoms with van der Waals surface area (Å²) in [5.74, 6) is 0.223. The van der Waals surface area contributed by atoms with Gasteiger partial charge in [0.1, 0.15) is 5.82 Å². The fraction of sp³-hybridized carbons (Fsp3) is 0.250. The van der Waals surface area contributed by atoms with Crippen LogP contribution in [-0.4, -0.2) is 26.8 Å². The normalized spacial score (nSPS) is 16.0. The average Bonchev–Trinajstić information content (AvgIpc) is 3.31. The summed E-state index contributed by atoms with van der Waals surface area (Å²) in [7, 11) is 0. The lowest BCUT2D eigenvalue weighted by Gasteiger charge is -2.22. The van der Waals surface area contributed by atoms with Crippen molar-refractivity contribution in [2.24, 2.45) is 0 Å². The Hall–Kier alpha value is -3.38. The fourth-order valence-corrected chi connectivity index (χ4v) is 4.24. The lowest BCUT2D eigenvalue weighted by molar-refractivity contribution is 0.0319. The number of benzene rings is 2. The Morgan fingerprint density at radius 3 is 2.90 bits per heavy atom. The Morgan fingerprint density at radius 2 is 2.07 bits per heavy atom. The molecule has 1 aliphatic rings. The number of aryl methyl sites for hydroxylation is 2. The number of hydrogen-bond donors (Lipinski definition) is 2. The van der Waals surface area contributed by atoms with E-state index in [1.165, 1.54) is 4.68 Å². The molecule has 6 nitrogen and oxygen atoms in total. The number of fused-ring (bicyclic) bond motifs is 2. The highest BCUT2D eigenvalue weighted by Gasteiger charge is 2.28. The van der Waals surface area contributed by atoms with Crippen molar-refractivity contribution in [2.75, 3.05) is 5.73 Å². The van der Waals surface area contributed by atoms with Crippen LogP contribution >= 0.6 is 0 Å². The molecule has 0 radical (unpaired) electrons. The number of anilines is 1. The van der Waals surface area contributed by atoms with Gasteiger partial charge in [0.15, 0.2) is 0 Å². The fourth-order valence-electron chi connectivity index (χ4n) is 4.24. The van der Waals surface area contributed by atoms with Gasteiger partial charge in [0, 0.05) is 28.6 Å². The van der Waals surface area contributed by atoms with Crippen molar-refractivity contribution in [3.8, 4) is 0 Å². The van der Waals surface area contributed by atoms with E-state index < -0.39 is 0 Å². The van der Waals surface area contributed by atoms with Crippen LogP contribution in [0, 0.1) is 6.92 Å². The largest absolute Gasteiger partial charge is 0.383 e. The molecule has 0 amide bonds.